The van der Waals surface area contributed by atoms with E-state index >= 15 is 0 Å². The molecule has 0 unspecified atom stereocenters. The van der Waals surface area contributed by atoms with Crippen molar-refractivity contribution in [1.82, 2.24) is 0 Å². The largest absolute Gasteiger partial charge is 0.459 e. The Morgan fingerprint density at radius 1 is 1.22 bits per heavy atom. The van der Waals surface area contributed by atoms with Crippen molar-refractivity contribution in [3.63, 3.8) is 0 Å². The van der Waals surface area contributed by atoms with Gasteiger partial charge in [-0.25, -0.2) is 4.79 Å². The van der Waals surface area contributed by atoms with Crippen LogP contribution in [0.3, 0.4) is 0 Å². The standard InChI is InChI=1S/C15H21NO2/c16-11-10-12-6-4-5-9-14(12)15(17)18-13-7-2-1-3-8-13/h4-6,9,13H,1-3,7-8,10-11,16H2. The van der Waals surface area contributed by atoms with Gasteiger partial charge in [-0.2, -0.15) is 0 Å². The van der Waals surface area contributed by atoms with Crippen LogP contribution in [0.5, 0.6) is 0 Å². The highest BCUT2D eigenvalue weighted by Gasteiger charge is 2.20. The smallest absolute Gasteiger partial charge is 0.338 e. The van der Waals surface area contributed by atoms with Crippen LogP contribution in [0.1, 0.15) is 48.0 Å². The van der Waals surface area contributed by atoms with Gasteiger partial charge in [0.05, 0.1) is 5.56 Å². The molecule has 3 nitrogen and oxygen atoms in total. The lowest BCUT2D eigenvalue weighted by Gasteiger charge is -2.22. The fourth-order valence-corrected chi connectivity index (χ4v) is 2.49. The van der Waals surface area contributed by atoms with E-state index < -0.39 is 0 Å². The summed E-state index contributed by atoms with van der Waals surface area (Å²) >= 11 is 0. The second kappa shape index (κ2) is 6.55. The molecule has 0 atom stereocenters. The Morgan fingerprint density at radius 3 is 2.67 bits per heavy atom. The van der Waals surface area contributed by atoms with Crippen LogP contribution in [0.15, 0.2) is 24.3 Å². The lowest BCUT2D eigenvalue weighted by Crippen LogP contribution is -2.22. The molecule has 1 aliphatic rings. The summed E-state index contributed by atoms with van der Waals surface area (Å²) in [6.07, 6.45) is 6.44. The molecule has 0 heterocycles. The fraction of sp³-hybridized carbons (Fsp3) is 0.533. The maximum atomic E-state index is 12.1. The van der Waals surface area contributed by atoms with E-state index in [0.29, 0.717) is 12.1 Å². The van der Waals surface area contributed by atoms with Crippen LogP contribution < -0.4 is 5.73 Å². The average Bonchev–Trinajstić information content (AvgIpc) is 2.41. The Hall–Kier alpha value is -1.35. The molecule has 0 bridgehead atoms. The van der Waals surface area contributed by atoms with Gasteiger partial charge in [0.25, 0.3) is 0 Å². The Labute approximate surface area is 108 Å². The van der Waals surface area contributed by atoms with Crippen LogP contribution >= 0.6 is 0 Å². The topological polar surface area (TPSA) is 52.3 Å². The van der Waals surface area contributed by atoms with E-state index in [1.54, 1.807) is 0 Å². The summed E-state index contributed by atoms with van der Waals surface area (Å²) in [7, 11) is 0. The minimum Gasteiger partial charge on any atom is -0.459 e. The zero-order chi connectivity index (χ0) is 12.8. The number of esters is 1. The number of carbonyl (C=O) groups is 1. The zero-order valence-corrected chi connectivity index (χ0v) is 10.7. The first-order chi connectivity index (χ1) is 8.81. The molecule has 3 heteroatoms. The van der Waals surface area contributed by atoms with Crippen molar-refractivity contribution in [2.45, 2.75) is 44.6 Å². The summed E-state index contributed by atoms with van der Waals surface area (Å²) in [5.74, 6) is -0.189. The number of nitrogens with two attached hydrogens (primary N) is 1. The summed E-state index contributed by atoms with van der Waals surface area (Å²) in [6.45, 7) is 0.549. The lowest BCUT2D eigenvalue weighted by atomic mass is 9.97. The van der Waals surface area contributed by atoms with Crippen LogP contribution in [-0.2, 0) is 11.2 Å². The molecule has 1 saturated carbocycles. The van der Waals surface area contributed by atoms with Crippen molar-refractivity contribution in [3.8, 4) is 0 Å². The highest BCUT2D eigenvalue weighted by molar-refractivity contribution is 5.91. The monoisotopic (exact) mass is 247 g/mol. The third-order valence-corrected chi connectivity index (χ3v) is 3.48. The molecule has 1 fully saturated rings. The van der Waals surface area contributed by atoms with E-state index in [4.69, 9.17) is 10.5 Å². The average molecular weight is 247 g/mol. The number of ether oxygens (including phenoxy) is 1. The van der Waals surface area contributed by atoms with Crippen LogP contribution in [0.25, 0.3) is 0 Å². The molecule has 98 valence electrons. The number of rotatable bonds is 4. The quantitative estimate of drug-likeness (QED) is 0.832. The normalized spacial score (nSPS) is 16.5. The minimum absolute atomic E-state index is 0.109. The van der Waals surface area contributed by atoms with E-state index in [1.807, 2.05) is 24.3 Å². The molecule has 2 rings (SSSR count). The van der Waals surface area contributed by atoms with Gasteiger partial charge >= 0.3 is 5.97 Å². The van der Waals surface area contributed by atoms with Gasteiger partial charge in [0.2, 0.25) is 0 Å². The maximum absolute atomic E-state index is 12.1. The van der Waals surface area contributed by atoms with Crippen LogP contribution in [-0.4, -0.2) is 18.6 Å². The number of benzene rings is 1. The number of carbonyl (C=O) groups excluding carboxylic acids is 1. The second-order valence-corrected chi connectivity index (χ2v) is 4.86. The SMILES string of the molecule is NCCc1ccccc1C(=O)OC1CCCCC1. The summed E-state index contributed by atoms with van der Waals surface area (Å²) in [5, 5.41) is 0. The van der Waals surface area contributed by atoms with Gasteiger partial charge in [0.15, 0.2) is 0 Å². The summed E-state index contributed by atoms with van der Waals surface area (Å²) < 4.78 is 5.58. The Kier molecular flexibility index (Phi) is 4.76. The predicted octanol–water partition coefficient (Wildman–Crippen LogP) is 2.68. The Morgan fingerprint density at radius 2 is 1.94 bits per heavy atom. The van der Waals surface area contributed by atoms with E-state index in [-0.39, 0.29) is 12.1 Å². The van der Waals surface area contributed by atoms with Crippen molar-refractivity contribution in [2.75, 3.05) is 6.54 Å². The third kappa shape index (κ3) is 3.33. The molecular formula is C15H21NO2. The molecule has 1 aromatic rings. The van der Waals surface area contributed by atoms with Gasteiger partial charge in [0, 0.05) is 0 Å². The lowest BCUT2D eigenvalue weighted by molar-refractivity contribution is 0.0210. The third-order valence-electron chi connectivity index (χ3n) is 3.48. The van der Waals surface area contributed by atoms with Crippen molar-refractivity contribution in [1.29, 1.82) is 0 Å². The van der Waals surface area contributed by atoms with Gasteiger partial charge in [-0.1, -0.05) is 24.6 Å². The molecule has 2 N–H and O–H groups in total. The Bertz CT molecular complexity index is 397. The summed E-state index contributed by atoms with van der Waals surface area (Å²) in [5.41, 5.74) is 7.22. The summed E-state index contributed by atoms with van der Waals surface area (Å²) in [6, 6.07) is 7.58. The summed E-state index contributed by atoms with van der Waals surface area (Å²) in [4.78, 5) is 12.1. The highest BCUT2D eigenvalue weighted by atomic mass is 16.5. The first-order valence-electron chi connectivity index (χ1n) is 6.80. The number of hydrogen-bond acceptors (Lipinski definition) is 3. The van der Waals surface area contributed by atoms with E-state index in [1.165, 1.54) is 19.3 Å². The minimum atomic E-state index is -0.189. The molecule has 0 saturated heterocycles. The molecule has 0 spiro atoms. The molecule has 0 radical (unpaired) electrons. The molecule has 0 amide bonds. The van der Waals surface area contributed by atoms with Gasteiger partial charge in [-0.05, 0) is 50.3 Å². The van der Waals surface area contributed by atoms with Gasteiger partial charge in [0.1, 0.15) is 6.10 Å². The molecule has 18 heavy (non-hydrogen) atoms. The highest BCUT2D eigenvalue weighted by Crippen LogP contribution is 2.22. The fourth-order valence-electron chi connectivity index (χ4n) is 2.49. The van der Waals surface area contributed by atoms with E-state index in [2.05, 4.69) is 0 Å². The van der Waals surface area contributed by atoms with Gasteiger partial charge in [-0.15, -0.1) is 0 Å². The van der Waals surface area contributed by atoms with Crippen LogP contribution in [0.4, 0.5) is 0 Å². The molecule has 1 aliphatic carbocycles. The Balaban J connectivity index is 2.03. The zero-order valence-electron chi connectivity index (χ0n) is 10.7. The van der Waals surface area contributed by atoms with E-state index in [9.17, 15) is 4.79 Å². The van der Waals surface area contributed by atoms with Gasteiger partial charge in [-0.3, -0.25) is 0 Å². The predicted molar refractivity (Wildman–Crippen MR) is 71.5 cm³/mol. The van der Waals surface area contributed by atoms with Gasteiger partial charge < -0.3 is 10.5 Å². The first kappa shape index (κ1) is 13.1. The van der Waals surface area contributed by atoms with Crippen molar-refractivity contribution >= 4 is 5.97 Å². The molecule has 1 aromatic carbocycles. The number of hydrogen-bond donors (Lipinski definition) is 1. The molecular weight excluding hydrogens is 226 g/mol. The first-order valence-corrected chi connectivity index (χ1v) is 6.80. The second-order valence-electron chi connectivity index (χ2n) is 4.86. The van der Waals surface area contributed by atoms with Crippen molar-refractivity contribution in [3.05, 3.63) is 35.4 Å². The molecule has 0 aromatic heterocycles. The maximum Gasteiger partial charge on any atom is 0.338 e. The molecule has 0 aliphatic heterocycles. The van der Waals surface area contributed by atoms with Crippen LogP contribution in [0, 0.1) is 0 Å². The van der Waals surface area contributed by atoms with E-state index in [0.717, 1.165) is 24.8 Å². The van der Waals surface area contributed by atoms with Crippen LogP contribution in [0.2, 0.25) is 0 Å². The van der Waals surface area contributed by atoms with Crippen molar-refractivity contribution in [2.24, 2.45) is 5.73 Å². The van der Waals surface area contributed by atoms with Crippen molar-refractivity contribution < 1.29 is 9.53 Å².